The number of hydrogen-bond donors (Lipinski definition) is 2. The second-order valence-electron chi connectivity index (χ2n) is 4.68. The Kier molecular flexibility index (Phi) is 4.86. The van der Waals surface area contributed by atoms with Crippen molar-refractivity contribution in [1.82, 2.24) is 10.3 Å². The van der Waals surface area contributed by atoms with Crippen LogP contribution in [0.3, 0.4) is 0 Å². The molecular weight excluding hydrogens is 281 g/mol. The first-order valence-electron chi connectivity index (χ1n) is 6.35. The molecule has 19 heavy (non-hydrogen) atoms. The molecule has 1 fully saturated rings. The molecule has 0 bridgehead atoms. The molecule has 1 saturated heterocycles. The van der Waals surface area contributed by atoms with Gasteiger partial charge in [0.2, 0.25) is 0 Å². The number of pyridine rings is 1. The first kappa shape index (κ1) is 14.4. The van der Waals surface area contributed by atoms with Gasteiger partial charge in [0.15, 0.2) is 0 Å². The van der Waals surface area contributed by atoms with Crippen molar-refractivity contribution in [3.63, 3.8) is 0 Å². The molecule has 1 aromatic heterocycles. The van der Waals surface area contributed by atoms with E-state index in [1.54, 1.807) is 0 Å². The van der Waals surface area contributed by atoms with Crippen LogP contribution in [0.1, 0.15) is 12.8 Å². The topological polar surface area (TPSA) is 37.0 Å². The third kappa shape index (κ3) is 3.11. The number of aromatic nitrogens is 1. The molecule has 1 aliphatic heterocycles. The number of halogens is 2. The summed E-state index contributed by atoms with van der Waals surface area (Å²) in [5.41, 5.74) is 1.09. The van der Waals surface area contributed by atoms with Gasteiger partial charge in [0.05, 0.1) is 11.9 Å². The van der Waals surface area contributed by atoms with E-state index in [0.29, 0.717) is 11.2 Å². The number of fused-ring (bicyclic) bond motifs is 1. The fourth-order valence-corrected chi connectivity index (χ4v) is 2.67. The van der Waals surface area contributed by atoms with E-state index in [9.17, 15) is 0 Å². The zero-order valence-electron chi connectivity index (χ0n) is 10.5. The Hall–Kier alpha value is -1.03. The van der Waals surface area contributed by atoms with Crippen LogP contribution in [-0.4, -0.2) is 24.1 Å². The molecule has 0 amide bonds. The molecule has 5 heteroatoms. The van der Waals surface area contributed by atoms with Gasteiger partial charge in [-0.15, -0.1) is 12.4 Å². The Morgan fingerprint density at radius 1 is 1.16 bits per heavy atom. The molecule has 0 aliphatic carbocycles. The number of anilines is 1. The summed E-state index contributed by atoms with van der Waals surface area (Å²) < 4.78 is 0. The fraction of sp³-hybridized carbons (Fsp3) is 0.357. The second kappa shape index (κ2) is 6.42. The van der Waals surface area contributed by atoms with Crippen LogP contribution in [0.2, 0.25) is 5.15 Å². The van der Waals surface area contributed by atoms with Crippen molar-refractivity contribution in [3.8, 4) is 0 Å². The highest BCUT2D eigenvalue weighted by atomic mass is 35.5. The van der Waals surface area contributed by atoms with Crippen LogP contribution in [0.15, 0.2) is 30.5 Å². The number of piperidine rings is 1. The number of nitrogens with zero attached hydrogens (tertiary/aromatic N) is 1. The highest BCUT2D eigenvalue weighted by Crippen LogP contribution is 2.28. The molecule has 0 spiro atoms. The van der Waals surface area contributed by atoms with Crippen LogP contribution >= 0.6 is 24.0 Å². The van der Waals surface area contributed by atoms with E-state index in [-0.39, 0.29) is 12.4 Å². The van der Waals surface area contributed by atoms with Crippen LogP contribution in [0.5, 0.6) is 0 Å². The van der Waals surface area contributed by atoms with E-state index < -0.39 is 0 Å². The predicted octanol–water partition coefficient (Wildman–Crippen LogP) is 3.47. The van der Waals surface area contributed by atoms with Gasteiger partial charge in [0.25, 0.3) is 0 Å². The largest absolute Gasteiger partial charge is 0.380 e. The summed E-state index contributed by atoms with van der Waals surface area (Å²) in [5.74, 6) is 0. The van der Waals surface area contributed by atoms with Gasteiger partial charge in [-0.2, -0.15) is 0 Å². The average molecular weight is 298 g/mol. The molecule has 2 N–H and O–H groups in total. The molecule has 0 radical (unpaired) electrons. The minimum absolute atomic E-state index is 0. The Morgan fingerprint density at radius 2 is 1.84 bits per heavy atom. The van der Waals surface area contributed by atoms with Gasteiger partial charge in [-0.25, -0.2) is 4.98 Å². The minimum Gasteiger partial charge on any atom is -0.380 e. The minimum atomic E-state index is 0. The van der Waals surface area contributed by atoms with Gasteiger partial charge in [-0.05, 0) is 25.9 Å². The van der Waals surface area contributed by atoms with E-state index in [0.717, 1.165) is 42.4 Å². The van der Waals surface area contributed by atoms with Gasteiger partial charge < -0.3 is 10.6 Å². The van der Waals surface area contributed by atoms with Crippen molar-refractivity contribution in [2.24, 2.45) is 0 Å². The fourth-order valence-electron chi connectivity index (χ4n) is 2.46. The summed E-state index contributed by atoms with van der Waals surface area (Å²) in [6.07, 6.45) is 4.14. The number of nitrogens with one attached hydrogen (secondary N) is 2. The first-order chi connectivity index (χ1) is 8.84. The van der Waals surface area contributed by atoms with E-state index in [1.807, 2.05) is 24.4 Å². The van der Waals surface area contributed by atoms with Crippen LogP contribution in [0.25, 0.3) is 10.8 Å². The van der Waals surface area contributed by atoms with Crippen LogP contribution in [0, 0.1) is 0 Å². The number of rotatable bonds is 2. The van der Waals surface area contributed by atoms with Gasteiger partial charge in [-0.1, -0.05) is 35.9 Å². The molecule has 3 rings (SSSR count). The summed E-state index contributed by atoms with van der Waals surface area (Å²) >= 11 is 6.12. The normalized spacial score (nSPS) is 16.1. The van der Waals surface area contributed by atoms with Crippen molar-refractivity contribution in [2.75, 3.05) is 18.4 Å². The number of hydrogen-bond acceptors (Lipinski definition) is 3. The summed E-state index contributed by atoms with van der Waals surface area (Å²) in [7, 11) is 0. The first-order valence-corrected chi connectivity index (χ1v) is 6.73. The lowest BCUT2D eigenvalue weighted by Crippen LogP contribution is -2.35. The lowest BCUT2D eigenvalue weighted by Gasteiger charge is -2.25. The van der Waals surface area contributed by atoms with E-state index in [4.69, 9.17) is 11.6 Å². The smallest absolute Gasteiger partial charge is 0.136 e. The zero-order chi connectivity index (χ0) is 12.4. The zero-order valence-corrected chi connectivity index (χ0v) is 12.1. The quantitative estimate of drug-likeness (QED) is 0.834. The molecule has 0 unspecified atom stereocenters. The maximum Gasteiger partial charge on any atom is 0.136 e. The van der Waals surface area contributed by atoms with Crippen molar-refractivity contribution in [2.45, 2.75) is 18.9 Å². The maximum atomic E-state index is 6.12. The van der Waals surface area contributed by atoms with Crippen LogP contribution < -0.4 is 10.6 Å². The average Bonchev–Trinajstić information content (AvgIpc) is 2.44. The molecule has 0 atom stereocenters. The Balaban J connectivity index is 0.00000133. The Labute approximate surface area is 124 Å². The Bertz CT molecular complexity index is 553. The molecular formula is C14H17Cl2N3. The monoisotopic (exact) mass is 297 g/mol. The second-order valence-corrected chi connectivity index (χ2v) is 5.03. The van der Waals surface area contributed by atoms with Gasteiger partial charge in [-0.3, -0.25) is 0 Å². The van der Waals surface area contributed by atoms with Crippen LogP contribution in [-0.2, 0) is 0 Å². The lowest BCUT2D eigenvalue weighted by atomic mass is 10.1. The summed E-state index contributed by atoms with van der Waals surface area (Å²) in [5, 5.41) is 9.69. The van der Waals surface area contributed by atoms with Gasteiger partial charge in [0, 0.05) is 16.8 Å². The SMILES string of the molecule is Cl.Clc1ncc(NC2CCNCC2)c2ccccc12. The predicted molar refractivity (Wildman–Crippen MR) is 83.5 cm³/mol. The molecule has 1 aromatic carbocycles. The van der Waals surface area contributed by atoms with Crippen molar-refractivity contribution in [1.29, 1.82) is 0 Å². The Morgan fingerprint density at radius 3 is 2.58 bits per heavy atom. The van der Waals surface area contributed by atoms with E-state index >= 15 is 0 Å². The standard InChI is InChI=1S/C14H16ClN3.ClH/c15-14-12-4-2-1-3-11(12)13(9-17-14)18-10-5-7-16-8-6-10;/h1-4,9-10,16,18H,5-8H2;1H. The summed E-state index contributed by atoms with van der Waals surface area (Å²) in [6, 6.07) is 8.65. The molecule has 2 aromatic rings. The molecule has 102 valence electrons. The van der Waals surface area contributed by atoms with Gasteiger partial charge >= 0.3 is 0 Å². The molecule has 2 heterocycles. The molecule has 0 saturated carbocycles. The van der Waals surface area contributed by atoms with Crippen molar-refractivity contribution >= 4 is 40.5 Å². The van der Waals surface area contributed by atoms with Crippen LogP contribution in [0.4, 0.5) is 5.69 Å². The molecule has 3 nitrogen and oxygen atoms in total. The van der Waals surface area contributed by atoms with E-state index in [1.165, 1.54) is 0 Å². The maximum absolute atomic E-state index is 6.12. The van der Waals surface area contributed by atoms with Crippen molar-refractivity contribution < 1.29 is 0 Å². The summed E-state index contributed by atoms with van der Waals surface area (Å²) in [4.78, 5) is 4.26. The third-order valence-corrected chi connectivity index (χ3v) is 3.75. The van der Waals surface area contributed by atoms with Gasteiger partial charge in [0.1, 0.15) is 5.15 Å². The highest BCUT2D eigenvalue weighted by molar-refractivity contribution is 6.34. The third-order valence-electron chi connectivity index (χ3n) is 3.45. The lowest BCUT2D eigenvalue weighted by molar-refractivity contribution is 0.479. The molecule has 1 aliphatic rings. The highest BCUT2D eigenvalue weighted by Gasteiger charge is 2.14. The summed E-state index contributed by atoms with van der Waals surface area (Å²) in [6.45, 7) is 2.16. The van der Waals surface area contributed by atoms with E-state index in [2.05, 4.69) is 21.7 Å². The van der Waals surface area contributed by atoms with Crippen molar-refractivity contribution in [3.05, 3.63) is 35.6 Å². The number of benzene rings is 1.